The van der Waals surface area contributed by atoms with E-state index in [1.807, 2.05) is 24.3 Å². The highest BCUT2D eigenvalue weighted by molar-refractivity contribution is 5.57. The van der Waals surface area contributed by atoms with Gasteiger partial charge in [-0.25, -0.2) is 0 Å². The molecule has 0 bridgehead atoms. The zero-order valence-electron chi connectivity index (χ0n) is 15.6. The summed E-state index contributed by atoms with van der Waals surface area (Å²) >= 11 is 0. The minimum atomic E-state index is 0.113. The van der Waals surface area contributed by atoms with Crippen LogP contribution in [0.5, 0.6) is 11.5 Å². The number of hydrogen-bond donors (Lipinski definition) is 0. The third-order valence-corrected chi connectivity index (χ3v) is 3.07. The van der Waals surface area contributed by atoms with Crippen LogP contribution >= 0.6 is 0 Å². The Morgan fingerprint density at radius 1 is 0.708 bits per heavy atom. The Bertz CT molecular complexity index is 610. The number of nitrogens with zero attached hydrogens (tertiary/aromatic N) is 2. The van der Waals surface area contributed by atoms with E-state index >= 15 is 0 Å². The molecule has 4 heteroatoms. The van der Waals surface area contributed by atoms with E-state index in [1.165, 1.54) is 0 Å². The van der Waals surface area contributed by atoms with Crippen LogP contribution in [-0.2, 0) is 0 Å². The number of hydrogen-bond acceptors (Lipinski definition) is 4. The van der Waals surface area contributed by atoms with Crippen molar-refractivity contribution in [2.75, 3.05) is 13.2 Å². The summed E-state index contributed by atoms with van der Waals surface area (Å²) in [6.07, 6.45) is 3.50. The fraction of sp³-hybridized carbons (Fsp3) is 0.500. The molecule has 130 valence electrons. The molecule has 0 aromatic carbocycles. The Kier molecular flexibility index (Phi) is 5.47. The lowest BCUT2D eigenvalue weighted by Gasteiger charge is -2.19. The molecule has 0 atom stereocenters. The van der Waals surface area contributed by atoms with E-state index in [2.05, 4.69) is 51.5 Å². The van der Waals surface area contributed by atoms with Gasteiger partial charge in [-0.2, -0.15) is 0 Å². The van der Waals surface area contributed by atoms with Crippen LogP contribution < -0.4 is 9.47 Å². The molecule has 4 nitrogen and oxygen atoms in total. The van der Waals surface area contributed by atoms with E-state index in [0.717, 1.165) is 22.9 Å². The maximum atomic E-state index is 5.86. The van der Waals surface area contributed by atoms with E-state index in [0.29, 0.717) is 13.2 Å². The summed E-state index contributed by atoms with van der Waals surface area (Å²) in [5.74, 6) is 1.61. The van der Waals surface area contributed by atoms with Crippen molar-refractivity contribution in [3.63, 3.8) is 0 Å². The first-order valence-corrected chi connectivity index (χ1v) is 8.31. The van der Waals surface area contributed by atoms with Crippen molar-refractivity contribution in [2.45, 2.75) is 41.5 Å². The van der Waals surface area contributed by atoms with Gasteiger partial charge in [0, 0.05) is 24.5 Å². The van der Waals surface area contributed by atoms with Gasteiger partial charge in [-0.15, -0.1) is 0 Å². The third-order valence-electron chi connectivity index (χ3n) is 3.07. The van der Waals surface area contributed by atoms with Crippen molar-refractivity contribution >= 4 is 0 Å². The molecule has 0 N–H and O–H groups in total. The van der Waals surface area contributed by atoms with Crippen molar-refractivity contribution in [1.82, 2.24) is 9.97 Å². The van der Waals surface area contributed by atoms with Gasteiger partial charge in [0.2, 0.25) is 0 Å². The smallest absolute Gasteiger partial charge is 0.123 e. The van der Waals surface area contributed by atoms with Crippen LogP contribution in [0.3, 0.4) is 0 Å². The van der Waals surface area contributed by atoms with E-state index in [1.54, 1.807) is 12.4 Å². The molecule has 0 aliphatic carbocycles. The van der Waals surface area contributed by atoms with Crippen molar-refractivity contribution in [3.05, 3.63) is 36.7 Å². The summed E-state index contributed by atoms with van der Waals surface area (Å²) < 4.78 is 11.7. The Labute approximate surface area is 145 Å². The van der Waals surface area contributed by atoms with Gasteiger partial charge in [-0.1, -0.05) is 41.5 Å². The van der Waals surface area contributed by atoms with Crippen LogP contribution in [-0.4, -0.2) is 23.2 Å². The van der Waals surface area contributed by atoms with Gasteiger partial charge < -0.3 is 9.47 Å². The molecule has 0 saturated carbocycles. The second kappa shape index (κ2) is 7.20. The molecule has 0 fully saturated rings. The van der Waals surface area contributed by atoms with Crippen LogP contribution in [0.15, 0.2) is 36.7 Å². The molecule has 0 radical (unpaired) electrons. The molecule has 0 amide bonds. The average Bonchev–Trinajstić information content (AvgIpc) is 2.50. The first-order chi connectivity index (χ1) is 11.1. The SMILES string of the molecule is CC(C)(C)COc1ccnc(-c2cc(OCC(C)(C)C)ccn2)c1. The number of aromatic nitrogens is 2. The zero-order valence-corrected chi connectivity index (χ0v) is 15.6. The molecule has 0 aliphatic rings. The van der Waals surface area contributed by atoms with Crippen LogP contribution in [0.1, 0.15) is 41.5 Å². The van der Waals surface area contributed by atoms with Crippen molar-refractivity contribution in [3.8, 4) is 22.9 Å². The second-order valence-corrected chi connectivity index (χ2v) is 8.45. The van der Waals surface area contributed by atoms with Crippen molar-refractivity contribution in [2.24, 2.45) is 10.8 Å². The summed E-state index contributed by atoms with van der Waals surface area (Å²) in [4.78, 5) is 8.81. The van der Waals surface area contributed by atoms with Crippen LogP contribution in [0.4, 0.5) is 0 Å². The van der Waals surface area contributed by atoms with E-state index in [-0.39, 0.29) is 10.8 Å². The monoisotopic (exact) mass is 328 g/mol. The van der Waals surface area contributed by atoms with Gasteiger partial charge in [-0.05, 0) is 23.0 Å². The fourth-order valence-electron chi connectivity index (χ4n) is 1.88. The van der Waals surface area contributed by atoms with Crippen LogP contribution in [0.2, 0.25) is 0 Å². The van der Waals surface area contributed by atoms with Gasteiger partial charge in [-0.3, -0.25) is 9.97 Å². The number of pyridine rings is 2. The highest BCUT2D eigenvalue weighted by Crippen LogP contribution is 2.25. The fourth-order valence-corrected chi connectivity index (χ4v) is 1.88. The van der Waals surface area contributed by atoms with Gasteiger partial charge in [0.1, 0.15) is 11.5 Å². The molecule has 24 heavy (non-hydrogen) atoms. The van der Waals surface area contributed by atoms with Crippen molar-refractivity contribution in [1.29, 1.82) is 0 Å². The zero-order chi connectivity index (χ0) is 17.8. The van der Waals surface area contributed by atoms with Gasteiger partial charge in [0.25, 0.3) is 0 Å². The summed E-state index contributed by atoms with van der Waals surface area (Å²) in [7, 11) is 0. The number of rotatable bonds is 5. The van der Waals surface area contributed by atoms with Crippen LogP contribution in [0.25, 0.3) is 11.4 Å². The highest BCUT2D eigenvalue weighted by Gasteiger charge is 2.13. The van der Waals surface area contributed by atoms with E-state index in [9.17, 15) is 0 Å². The normalized spacial score (nSPS) is 12.1. The maximum absolute atomic E-state index is 5.86. The molecule has 0 spiro atoms. The molecule has 0 aliphatic heterocycles. The Hall–Kier alpha value is -2.10. The summed E-state index contributed by atoms with van der Waals surface area (Å²) in [6.45, 7) is 14.2. The maximum Gasteiger partial charge on any atom is 0.123 e. The lowest BCUT2D eigenvalue weighted by Crippen LogP contribution is -2.17. The standard InChI is InChI=1S/C20H28N2O2/c1-19(2,3)13-23-15-7-9-21-17(11-15)18-12-16(8-10-22-18)24-14-20(4,5)6/h7-12H,13-14H2,1-6H3. The quantitative estimate of drug-likeness (QED) is 0.775. The molecule has 2 heterocycles. The van der Waals surface area contributed by atoms with Gasteiger partial charge in [0.05, 0.1) is 24.6 Å². The summed E-state index contributed by atoms with van der Waals surface area (Å²) in [5.41, 5.74) is 1.79. The highest BCUT2D eigenvalue weighted by atomic mass is 16.5. The second-order valence-electron chi connectivity index (χ2n) is 8.45. The Morgan fingerprint density at radius 3 is 1.42 bits per heavy atom. The number of ether oxygens (including phenoxy) is 2. The minimum absolute atomic E-state index is 0.113. The van der Waals surface area contributed by atoms with E-state index < -0.39 is 0 Å². The first kappa shape index (κ1) is 18.2. The topological polar surface area (TPSA) is 44.2 Å². The molecular formula is C20H28N2O2. The molecule has 2 aromatic rings. The first-order valence-electron chi connectivity index (χ1n) is 8.31. The van der Waals surface area contributed by atoms with Gasteiger partial charge >= 0.3 is 0 Å². The summed E-state index contributed by atoms with van der Waals surface area (Å²) in [5, 5.41) is 0. The largest absolute Gasteiger partial charge is 0.493 e. The Morgan fingerprint density at radius 2 is 1.08 bits per heavy atom. The molecule has 0 unspecified atom stereocenters. The summed E-state index contributed by atoms with van der Waals surface area (Å²) in [6, 6.07) is 7.58. The third kappa shape index (κ3) is 6.19. The molecular weight excluding hydrogens is 300 g/mol. The van der Waals surface area contributed by atoms with Gasteiger partial charge in [0.15, 0.2) is 0 Å². The van der Waals surface area contributed by atoms with E-state index in [4.69, 9.17) is 9.47 Å². The predicted molar refractivity (Wildman–Crippen MR) is 97.4 cm³/mol. The lowest BCUT2D eigenvalue weighted by molar-refractivity contribution is 0.197. The predicted octanol–water partition coefficient (Wildman–Crippen LogP) is 4.99. The molecule has 2 rings (SSSR count). The average molecular weight is 328 g/mol. The van der Waals surface area contributed by atoms with Crippen molar-refractivity contribution < 1.29 is 9.47 Å². The molecule has 0 saturated heterocycles. The molecule has 2 aromatic heterocycles. The van der Waals surface area contributed by atoms with Crippen LogP contribution in [0, 0.1) is 10.8 Å². The lowest BCUT2D eigenvalue weighted by atomic mass is 9.99. The minimum Gasteiger partial charge on any atom is -0.493 e. The Balaban J connectivity index is 2.13.